The van der Waals surface area contributed by atoms with Crippen LogP contribution in [0, 0.1) is 13.8 Å². The second-order valence-electron chi connectivity index (χ2n) is 5.37. The molecule has 1 aromatic heterocycles. The van der Waals surface area contributed by atoms with E-state index in [2.05, 4.69) is 10.3 Å². The highest BCUT2D eigenvalue weighted by Crippen LogP contribution is 2.17. The highest BCUT2D eigenvalue weighted by molar-refractivity contribution is 7.15. The molecule has 1 heterocycles. The third-order valence-electron chi connectivity index (χ3n) is 3.36. The largest absolute Gasteiger partial charge is 0.329 e. The van der Waals surface area contributed by atoms with Gasteiger partial charge >= 0.3 is 0 Å². The molecule has 0 aliphatic carbocycles. The average molecular weight is 331 g/mol. The molecule has 0 atom stereocenters. The van der Waals surface area contributed by atoms with Crippen LogP contribution in [0.15, 0.2) is 30.5 Å². The van der Waals surface area contributed by atoms with Crippen LogP contribution in [-0.4, -0.2) is 34.8 Å². The Bertz CT molecular complexity index is 697. The van der Waals surface area contributed by atoms with E-state index in [0.717, 1.165) is 16.9 Å². The van der Waals surface area contributed by atoms with E-state index >= 15 is 0 Å². The summed E-state index contributed by atoms with van der Waals surface area (Å²) in [6, 6.07) is 7.43. The molecule has 1 aromatic carbocycles. The molecule has 0 aliphatic rings. The third-order valence-corrected chi connectivity index (χ3v) is 4.19. The number of hydrogen-bond donors (Lipinski definition) is 1. The van der Waals surface area contributed by atoms with Crippen LogP contribution in [0.25, 0.3) is 0 Å². The Hall–Kier alpha value is -2.21. The zero-order valence-corrected chi connectivity index (χ0v) is 14.4. The van der Waals surface area contributed by atoms with Gasteiger partial charge in [-0.25, -0.2) is 4.98 Å². The number of aryl methyl sites for hydroxylation is 2. The molecular weight excluding hydrogens is 310 g/mol. The van der Waals surface area contributed by atoms with Crippen molar-refractivity contribution in [3.05, 3.63) is 46.5 Å². The van der Waals surface area contributed by atoms with Gasteiger partial charge in [-0.1, -0.05) is 25.1 Å². The summed E-state index contributed by atoms with van der Waals surface area (Å²) in [5.74, 6) is -0.342. The minimum Gasteiger partial charge on any atom is -0.329 e. The van der Waals surface area contributed by atoms with Gasteiger partial charge in [-0.3, -0.25) is 9.59 Å². The van der Waals surface area contributed by atoms with Gasteiger partial charge in [-0.2, -0.15) is 0 Å². The minimum atomic E-state index is -0.227. The van der Waals surface area contributed by atoms with Crippen molar-refractivity contribution in [2.45, 2.75) is 27.2 Å². The van der Waals surface area contributed by atoms with E-state index in [0.29, 0.717) is 17.2 Å². The molecule has 0 spiro atoms. The highest BCUT2D eigenvalue weighted by Gasteiger charge is 2.19. The predicted molar refractivity (Wildman–Crippen MR) is 92.9 cm³/mol. The summed E-state index contributed by atoms with van der Waals surface area (Å²) in [4.78, 5) is 31.6. The average Bonchev–Trinajstić information content (AvgIpc) is 2.91. The van der Waals surface area contributed by atoms with Crippen molar-refractivity contribution in [1.82, 2.24) is 9.88 Å². The van der Waals surface area contributed by atoms with Crippen molar-refractivity contribution in [2.75, 3.05) is 18.4 Å². The van der Waals surface area contributed by atoms with Crippen molar-refractivity contribution in [2.24, 2.45) is 0 Å². The first-order valence-corrected chi connectivity index (χ1v) is 8.40. The maximum atomic E-state index is 12.7. The van der Waals surface area contributed by atoms with Gasteiger partial charge in [0.1, 0.15) is 6.54 Å². The van der Waals surface area contributed by atoms with Gasteiger partial charge in [0.25, 0.3) is 5.91 Å². The number of benzene rings is 1. The van der Waals surface area contributed by atoms with Gasteiger partial charge in [0.15, 0.2) is 5.13 Å². The van der Waals surface area contributed by atoms with E-state index in [4.69, 9.17) is 0 Å². The normalized spacial score (nSPS) is 10.4. The molecule has 2 amide bonds. The molecule has 23 heavy (non-hydrogen) atoms. The topological polar surface area (TPSA) is 62.3 Å². The molecule has 0 radical (unpaired) electrons. The standard InChI is InChI=1S/C17H21N3O2S/c1-4-9-20(16(22)14-8-6-5-7-12(14)2)11-15(21)19-17-18-10-13(3)23-17/h5-8,10H,4,9,11H2,1-3H3,(H,18,19,21). The monoisotopic (exact) mass is 331 g/mol. The van der Waals surface area contributed by atoms with Crippen LogP contribution in [-0.2, 0) is 4.79 Å². The van der Waals surface area contributed by atoms with Crippen molar-refractivity contribution < 1.29 is 9.59 Å². The Balaban J connectivity index is 2.07. The van der Waals surface area contributed by atoms with Gasteiger partial charge in [-0.05, 0) is 31.9 Å². The smallest absolute Gasteiger partial charge is 0.254 e. The number of hydrogen-bond acceptors (Lipinski definition) is 4. The molecule has 0 unspecified atom stereocenters. The van der Waals surface area contributed by atoms with Crippen LogP contribution in [0.5, 0.6) is 0 Å². The lowest BCUT2D eigenvalue weighted by atomic mass is 10.1. The number of aromatic nitrogens is 1. The summed E-state index contributed by atoms with van der Waals surface area (Å²) in [7, 11) is 0. The van der Waals surface area contributed by atoms with E-state index < -0.39 is 0 Å². The number of nitrogens with one attached hydrogen (secondary N) is 1. The Morgan fingerprint density at radius 1 is 1.26 bits per heavy atom. The number of anilines is 1. The zero-order valence-electron chi connectivity index (χ0n) is 13.6. The Morgan fingerprint density at radius 3 is 2.61 bits per heavy atom. The maximum Gasteiger partial charge on any atom is 0.254 e. The molecule has 0 saturated heterocycles. The molecule has 122 valence electrons. The fraction of sp³-hybridized carbons (Fsp3) is 0.353. The molecule has 2 rings (SSSR count). The van der Waals surface area contributed by atoms with Crippen LogP contribution in [0.1, 0.15) is 34.1 Å². The number of thiazole rings is 1. The first kappa shape index (κ1) is 17.1. The van der Waals surface area contributed by atoms with Crippen LogP contribution in [0.4, 0.5) is 5.13 Å². The molecule has 1 N–H and O–H groups in total. The Morgan fingerprint density at radius 2 is 2.00 bits per heavy atom. The lowest BCUT2D eigenvalue weighted by Crippen LogP contribution is -2.38. The quantitative estimate of drug-likeness (QED) is 0.884. The van der Waals surface area contributed by atoms with E-state index in [1.807, 2.05) is 39.0 Å². The van der Waals surface area contributed by atoms with Crippen molar-refractivity contribution >= 4 is 28.3 Å². The van der Waals surface area contributed by atoms with Crippen LogP contribution < -0.4 is 5.32 Å². The van der Waals surface area contributed by atoms with Gasteiger partial charge in [0.05, 0.1) is 0 Å². The molecule has 0 saturated carbocycles. The molecule has 0 fully saturated rings. The lowest BCUT2D eigenvalue weighted by molar-refractivity contribution is -0.116. The summed E-state index contributed by atoms with van der Waals surface area (Å²) < 4.78 is 0. The number of rotatable bonds is 6. The summed E-state index contributed by atoms with van der Waals surface area (Å²) in [6.07, 6.45) is 2.50. The number of amides is 2. The van der Waals surface area contributed by atoms with Gasteiger partial charge in [0.2, 0.25) is 5.91 Å². The molecule has 5 nitrogen and oxygen atoms in total. The highest BCUT2D eigenvalue weighted by atomic mass is 32.1. The van der Waals surface area contributed by atoms with Crippen molar-refractivity contribution in [3.63, 3.8) is 0 Å². The van der Waals surface area contributed by atoms with Crippen LogP contribution in [0.2, 0.25) is 0 Å². The van der Waals surface area contributed by atoms with Crippen molar-refractivity contribution in [3.8, 4) is 0 Å². The molecular formula is C17H21N3O2S. The maximum absolute atomic E-state index is 12.7. The fourth-order valence-corrected chi connectivity index (χ4v) is 2.93. The summed E-state index contributed by atoms with van der Waals surface area (Å²) in [5, 5.41) is 3.31. The number of nitrogens with zero attached hydrogens (tertiary/aromatic N) is 2. The van der Waals surface area contributed by atoms with E-state index in [1.165, 1.54) is 11.3 Å². The molecule has 0 aliphatic heterocycles. The lowest BCUT2D eigenvalue weighted by Gasteiger charge is -2.22. The summed E-state index contributed by atoms with van der Waals surface area (Å²) >= 11 is 1.42. The van der Waals surface area contributed by atoms with Gasteiger partial charge < -0.3 is 10.2 Å². The Labute approximate surface area is 140 Å². The van der Waals surface area contributed by atoms with E-state index in [1.54, 1.807) is 17.2 Å². The number of carbonyl (C=O) groups excluding carboxylic acids is 2. The fourth-order valence-electron chi connectivity index (χ4n) is 2.25. The first-order chi connectivity index (χ1) is 11.0. The predicted octanol–water partition coefficient (Wildman–Crippen LogP) is 3.25. The van der Waals surface area contributed by atoms with Gasteiger partial charge in [0, 0.05) is 23.2 Å². The molecule has 6 heteroatoms. The van der Waals surface area contributed by atoms with E-state index in [-0.39, 0.29) is 18.4 Å². The third kappa shape index (κ3) is 4.63. The second-order valence-corrected chi connectivity index (χ2v) is 6.60. The van der Waals surface area contributed by atoms with Crippen molar-refractivity contribution in [1.29, 1.82) is 0 Å². The van der Waals surface area contributed by atoms with Crippen LogP contribution >= 0.6 is 11.3 Å². The SMILES string of the molecule is CCCN(CC(=O)Nc1ncc(C)s1)C(=O)c1ccccc1C. The summed E-state index contributed by atoms with van der Waals surface area (Å²) in [6.45, 7) is 6.38. The second kappa shape index (κ2) is 7.87. The minimum absolute atomic E-state index is 0.0274. The molecule has 2 aromatic rings. The summed E-state index contributed by atoms with van der Waals surface area (Å²) in [5.41, 5.74) is 1.55. The molecule has 0 bridgehead atoms. The number of carbonyl (C=O) groups is 2. The zero-order chi connectivity index (χ0) is 16.8. The van der Waals surface area contributed by atoms with E-state index in [9.17, 15) is 9.59 Å². The van der Waals surface area contributed by atoms with Gasteiger partial charge in [-0.15, -0.1) is 11.3 Å². The van der Waals surface area contributed by atoms with Crippen LogP contribution in [0.3, 0.4) is 0 Å². The first-order valence-electron chi connectivity index (χ1n) is 7.58. The Kier molecular flexibility index (Phi) is 5.87.